The standard InChI is InChI=1S/C21H25FN2O5S/c1-24(2)30(26,27)20-13-15(10-11-17(20)22)21(25)23-18-8-3-4-9-19(18)29-14-16-7-5-6-12-28-16/h3-4,8-11,13,16H,5-7,12,14H2,1-2H3,(H,23,25). The van der Waals surface area contributed by atoms with Crippen molar-refractivity contribution in [2.24, 2.45) is 0 Å². The van der Waals surface area contributed by atoms with Gasteiger partial charge in [0, 0.05) is 26.3 Å². The summed E-state index contributed by atoms with van der Waals surface area (Å²) < 4.78 is 51.1. The topological polar surface area (TPSA) is 84.9 Å². The second-order valence-electron chi connectivity index (χ2n) is 7.18. The summed E-state index contributed by atoms with van der Waals surface area (Å²) in [5.74, 6) is -1.02. The number of amides is 1. The molecule has 2 aromatic carbocycles. The molecule has 1 aliphatic rings. The van der Waals surface area contributed by atoms with Gasteiger partial charge in [-0.05, 0) is 49.6 Å². The summed E-state index contributed by atoms with van der Waals surface area (Å²) in [5, 5.41) is 2.71. The number of rotatable bonds is 7. The van der Waals surface area contributed by atoms with E-state index in [9.17, 15) is 17.6 Å². The minimum Gasteiger partial charge on any atom is -0.489 e. The highest BCUT2D eigenvalue weighted by Crippen LogP contribution is 2.26. The van der Waals surface area contributed by atoms with Gasteiger partial charge in [0.1, 0.15) is 23.1 Å². The molecule has 0 spiro atoms. The summed E-state index contributed by atoms with van der Waals surface area (Å²) in [6.45, 7) is 1.09. The van der Waals surface area contributed by atoms with Crippen molar-refractivity contribution in [2.45, 2.75) is 30.3 Å². The number of ether oxygens (including phenoxy) is 2. The number of sulfonamides is 1. The fourth-order valence-electron chi connectivity index (χ4n) is 3.05. The van der Waals surface area contributed by atoms with E-state index in [1.54, 1.807) is 24.3 Å². The number of carbonyl (C=O) groups excluding carboxylic acids is 1. The summed E-state index contributed by atoms with van der Waals surface area (Å²) >= 11 is 0. The number of nitrogens with zero attached hydrogens (tertiary/aromatic N) is 1. The zero-order valence-corrected chi connectivity index (χ0v) is 17.7. The molecule has 0 bridgehead atoms. The Morgan fingerprint density at radius 3 is 2.70 bits per heavy atom. The van der Waals surface area contributed by atoms with Gasteiger partial charge in [-0.3, -0.25) is 4.79 Å². The molecule has 2 aromatic rings. The molecule has 3 rings (SSSR count). The van der Waals surface area contributed by atoms with Crippen molar-refractivity contribution >= 4 is 21.6 Å². The molecule has 0 radical (unpaired) electrons. The summed E-state index contributed by atoms with van der Waals surface area (Å²) in [6.07, 6.45) is 3.08. The number of benzene rings is 2. The van der Waals surface area contributed by atoms with Gasteiger partial charge in [0.2, 0.25) is 10.0 Å². The first-order valence-electron chi connectivity index (χ1n) is 9.66. The van der Waals surface area contributed by atoms with Gasteiger partial charge in [0.25, 0.3) is 5.91 Å². The summed E-state index contributed by atoms with van der Waals surface area (Å²) in [7, 11) is -1.43. The van der Waals surface area contributed by atoms with Crippen LogP contribution in [0.3, 0.4) is 0 Å². The van der Waals surface area contributed by atoms with E-state index in [-0.39, 0.29) is 11.7 Å². The smallest absolute Gasteiger partial charge is 0.255 e. The van der Waals surface area contributed by atoms with Crippen LogP contribution in [-0.2, 0) is 14.8 Å². The highest BCUT2D eigenvalue weighted by molar-refractivity contribution is 7.89. The summed E-state index contributed by atoms with van der Waals surface area (Å²) in [4.78, 5) is 12.2. The summed E-state index contributed by atoms with van der Waals surface area (Å²) in [6, 6.07) is 10.2. The van der Waals surface area contributed by atoms with Gasteiger partial charge in [-0.25, -0.2) is 17.1 Å². The minimum atomic E-state index is -4.03. The predicted molar refractivity (Wildman–Crippen MR) is 111 cm³/mol. The maximum atomic E-state index is 14.1. The van der Waals surface area contributed by atoms with E-state index in [0.717, 1.165) is 42.3 Å². The van der Waals surface area contributed by atoms with Crippen LogP contribution in [0, 0.1) is 5.82 Å². The fraction of sp³-hybridized carbons (Fsp3) is 0.381. The second kappa shape index (κ2) is 9.55. The van der Waals surface area contributed by atoms with Crippen LogP contribution in [0.4, 0.5) is 10.1 Å². The molecule has 0 aromatic heterocycles. The number of carbonyl (C=O) groups is 1. The molecule has 1 aliphatic heterocycles. The SMILES string of the molecule is CN(C)S(=O)(=O)c1cc(C(=O)Nc2ccccc2OCC2CCCCO2)ccc1F. The van der Waals surface area contributed by atoms with Crippen molar-refractivity contribution in [1.29, 1.82) is 0 Å². The Bertz CT molecular complexity index is 1000. The van der Waals surface area contributed by atoms with E-state index >= 15 is 0 Å². The molecule has 0 aliphatic carbocycles. The third kappa shape index (κ3) is 5.16. The second-order valence-corrected chi connectivity index (χ2v) is 9.30. The van der Waals surface area contributed by atoms with Crippen LogP contribution in [0.5, 0.6) is 5.75 Å². The van der Waals surface area contributed by atoms with Crippen LogP contribution in [0.2, 0.25) is 0 Å². The van der Waals surface area contributed by atoms with Crippen LogP contribution in [0.15, 0.2) is 47.4 Å². The lowest BCUT2D eigenvalue weighted by Crippen LogP contribution is -2.26. The van der Waals surface area contributed by atoms with Crippen LogP contribution < -0.4 is 10.1 Å². The molecular formula is C21H25FN2O5S. The molecule has 0 saturated carbocycles. The quantitative estimate of drug-likeness (QED) is 0.720. The molecule has 162 valence electrons. The van der Waals surface area contributed by atoms with E-state index in [1.807, 2.05) is 0 Å². The van der Waals surface area contributed by atoms with E-state index in [1.165, 1.54) is 20.2 Å². The minimum absolute atomic E-state index is 0.0124. The van der Waals surface area contributed by atoms with Gasteiger partial charge in [-0.1, -0.05) is 12.1 Å². The summed E-state index contributed by atoms with van der Waals surface area (Å²) in [5.41, 5.74) is 0.446. The molecular weight excluding hydrogens is 411 g/mol. The Kier molecular flexibility index (Phi) is 7.06. The Hall–Kier alpha value is -2.49. The Labute approximate surface area is 175 Å². The zero-order chi connectivity index (χ0) is 21.7. The van der Waals surface area contributed by atoms with Gasteiger partial charge >= 0.3 is 0 Å². The van der Waals surface area contributed by atoms with Crippen molar-refractivity contribution in [3.63, 3.8) is 0 Å². The van der Waals surface area contributed by atoms with Crippen LogP contribution in [-0.4, -0.2) is 52.0 Å². The van der Waals surface area contributed by atoms with Crippen molar-refractivity contribution in [1.82, 2.24) is 4.31 Å². The van der Waals surface area contributed by atoms with Crippen molar-refractivity contribution in [3.05, 3.63) is 53.8 Å². The first-order valence-corrected chi connectivity index (χ1v) is 11.1. The Balaban J connectivity index is 1.76. The molecule has 1 amide bonds. The number of para-hydroxylation sites is 2. The van der Waals surface area contributed by atoms with E-state index in [2.05, 4.69) is 5.32 Å². The first kappa shape index (κ1) is 22.2. The van der Waals surface area contributed by atoms with Crippen LogP contribution >= 0.6 is 0 Å². The molecule has 1 atom stereocenters. The highest BCUT2D eigenvalue weighted by Gasteiger charge is 2.24. The Morgan fingerprint density at radius 2 is 2.00 bits per heavy atom. The molecule has 1 saturated heterocycles. The van der Waals surface area contributed by atoms with Gasteiger partial charge in [0.15, 0.2) is 0 Å². The van der Waals surface area contributed by atoms with Gasteiger partial charge in [-0.2, -0.15) is 0 Å². The van der Waals surface area contributed by atoms with Gasteiger partial charge in [0.05, 0.1) is 11.8 Å². The lowest BCUT2D eigenvalue weighted by molar-refractivity contribution is -0.0109. The average Bonchev–Trinajstić information content (AvgIpc) is 2.74. The van der Waals surface area contributed by atoms with E-state index in [4.69, 9.17) is 9.47 Å². The maximum Gasteiger partial charge on any atom is 0.255 e. The molecule has 1 fully saturated rings. The number of halogens is 1. The normalized spacial score (nSPS) is 17.0. The molecule has 1 N–H and O–H groups in total. The van der Waals surface area contributed by atoms with Crippen LogP contribution in [0.25, 0.3) is 0 Å². The molecule has 7 nitrogen and oxygen atoms in total. The van der Waals surface area contributed by atoms with E-state index in [0.29, 0.717) is 18.0 Å². The maximum absolute atomic E-state index is 14.1. The number of nitrogens with one attached hydrogen (secondary N) is 1. The Morgan fingerprint density at radius 1 is 1.23 bits per heavy atom. The highest BCUT2D eigenvalue weighted by atomic mass is 32.2. The lowest BCUT2D eigenvalue weighted by Gasteiger charge is -2.23. The van der Waals surface area contributed by atoms with Crippen molar-refractivity contribution in [3.8, 4) is 5.75 Å². The van der Waals surface area contributed by atoms with Gasteiger partial charge in [-0.15, -0.1) is 0 Å². The third-order valence-electron chi connectivity index (χ3n) is 4.79. The van der Waals surface area contributed by atoms with Gasteiger partial charge < -0.3 is 14.8 Å². The molecule has 1 heterocycles. The van der Waals surface area contributed by atoms with Crippen molar-refractivity contribution < 1.29 is 27.1 Å². The average molecular weight is 437 g/mol. The lowest BCUT2D eigenvalue weighted by atomic mass is 10.1. The predicted octanol–water partition coefficient (Wildman–Crippen LogP) is 3.28. The first-order chi connectivity index (χ1) is 14.3. The fourth-order valence-corrected chi connectivity index (χ4v) is 4.03. The number of hydrogen-bond donors (Lipinski definition) is 1. The molecule has 9 heteroatoms. The number of anilines is 1. The molecule has 30 heavy (non-hydrogen) atoms. The zero-order valence-electron chi connectivity index (χ0n) is 16.9. The van der Waals surface area contributed by atoms with Crippen LogP contribution in [0.1, 0.15) is 29.6 Å². The largest absolute Gasteiger partial charge is 0.489 e. The van der Waals surface area contributed by atoms with E-state index < -0.39 is 26.6 Å². The molecule has 1 unspecified atom stereocenters. The third-order valence-corrected chi connectivity index (χ3v) is 6.62. The number of hydrogen-bond acceptors (Lipinski definition) is 5. The van der Waals surface area contributed by atoms with Crippen molar-refractivity contribution in [2.75, 3.05) is 32.6 Å². The monoisotopic (exact) mass is 436 g/mol.